The number of aliphatic carboxylic acids is 1. The van der Waals surface area contributed by atoms with Gasteiger partial charge >= 0.3 is 5.97 Å². The van der Waals surface area contributed by atoms with E-state index in [1.165, 1.54) is 10.9 Å². The Balaban J connectivity index is 1.77. The number of benzene rings is 1. The van der Waals surface area contributed by atoms with E-state index in [-0.39, 0.29) is 25.6 Å². The number of amides is 1. The Morgan fingerprint density at radius 3 is 2.78 bits per heavy atom. The third kappa shape index (κ3) is 5.10. The lowest BCUT2D eigenvalue weighted by molar-refractivity contribution is -0.138. The molecule has 0 saturated heterocycles. The predicted octanol–water partition coefficient (Wildman–Crippen LogP) is 0.675. The molecule has 1 aromatic carbocycles. The van der Waals surface area contributed by atoms with Crippen molar-refractivity contribution < 1.29 is 19.4 Å². The van der Waals surface area contributed by atoms with Gasteiger partial charge in [0.25, 0.3) is 5.91 Å². The highest BCUT2D eigenvalue weighted by atomic mass is 16.5. The molecule has 0 aliphatic heterocycles. The summed E-state index contributed by atoms with van der Waals surface area (Å²) >= 11 is 0. The molecular formula is C15H18N4O4. The molecule has 2 N–H and O–H groups in total. The van der Waals surface area contributed by atoms with Crippen molar-refractivity contribution in [2.45, 2.75) is 26.9 Å². The monoisotopic (exact) mass is 318 g/mol. The zero-order valence-corrected chi connectivity index (χ0v) is 12.9. The van der Waals surface area contributed by atoms with E-state index in [1.54, 1.807) is 0 Å². The van der Waals surface area contributed by atoms with Crippen LogP contribution in [0.15, 0.2) is 24.4 Å². The SMILES string of the molecule is Cc1ccc(OCC(=O)NCc2cn(CC(=O)O)nn2)cc1C. The molecule has 8 heteroatoms. The molecule has 0 aliphatic rings. The van der Waals surface area contributed by atoms with E-state index in [0.29, 0.717) is 11.4 Å². The van der Waals surface area contributed by atoms with Gasteiger partial charge in [-0.3, -0.25) is 9.59 Å². The van der Waals surface area contributed by atoms with Crippen LogP contribution in [0.3, 0.4) is 0 Å². The van der Waals surface area contributed by atoms with E-state index < -0.39 is 5.97 Å². The molecule has 122 valence electrons. The maximum atomic E-state index is 11.7. The summed E-state index contributed by atoms with van der Waals surface area (Å²) in [6, 6.07) is 5.62. The number of hydrogen-bond donors (Lipinski definition) is 2. The highest BCUT2D eigenvalue weighted by Gasteiger charge is 2.07. The number of aromatic nitrogens is 3. The number of carboxylic acid groups (broad SMARTS) is 1. The molecule has 1 aromatic heterocycles. The number of carbonyl (C=O) groups is 2. The average molecular weight is 318 g/mol. The van der Waals surface area contributed by atoms with E-state index in [4.69, 9.17) is 9.84 Å². The Hall–Kier alpha value is -2.90. The van der Waals surface area contributed by atoms with Gasteiger partial charge in [0.1, 0.15) is 18.0 Å². The fraction of sp³-hybridized carbons (Fsp3) is 0.333. The molecule has 0 bridgehead atoms. The minimum absolute atomic E-state index is 0.105. The fourth-order valence-corrected chi connectivity index (χ4v) is 1.83. The van der Waals surface area contributed by atoms with Crippen LogP contribution in [0.5, 0.6) is 5.75 Å². The first-order valence-corrected chi connectivity index (χ1v) is 7.01. The van der Waals surface area contributed by atoms with E-state index in [9.17, 15) is 9.59 Å². The molecule has 1 amide bonds. The van der Waals surface area contributed by atoms with Crippen LogP contribution in [-0.4, -0.2) is 38.6 Å². The smallest absolute Gasteiger partial charge is 0.325 e. The lowest BCUT2D eigenvalue weighted by atomic mass is 10.1. The minimum Gasteiger partial charge on any atom is -0.484 e. The van der Waals surface area contributed by atoms with E-state index in [1.807, 2.05) is 32.0 Å². The van der Waals surface area contributed by atoms with Crippen molar-refractivity contribution in [3.8, 4) is 5.75 Å². The molecule has 2 aromatic rings. The normalized spacial score (nSPS) is 10.3. The van der Waals surface area contributed by atoms with Crippen LogP contribution < -0.4 is 10.1 Å². The average Bonchev–Trinajstić information content (AvgIpc) is 2.93. The van der Waals surface area contributed by atoms with Gasteiger partial charge in [-0.05, 0) is 37.1 Å². The number of nitrogens with zero attached hydrogens (tertiary/aromatic N) is 3. The van der Waals surface area contributed by atoms with Crippen LogP contribution in [-0.2, 0) is 22.7 Å². The van der Waals surface area contributed by atoms with Crippen LogP contribution in [0, 0.1) is 13.8 Å². The zero-order chi connectivity index (χ0) is 16.8. The Morgan fingerprint density at radius 1 is 1.30 bits per heavy atom. The number of aryl methyl sites for hydroxylation is 2. The van der Waals surface area contributed by atoms with Gasteiger partial charge in [0.15, 0.2) is 6.61 Å². The van der Waals surface area contributed by atoms with Crippen molar-refractivity contribution in [2.75, 3.05) is 6.61 Å². The Kier molecular flexibility index (Phi) is 5.29. The van der Waals surface area contributed by atoms with Crippen LogP contribution in [0.1, 0.15) is 16.8 Å². The first kappa shape index (κ1) is 16.5. The van der Waals surface area contributed by atoms with E-state index >= 15 is 0 Å². The summed E-state index contributed by atoms with van der Waals surface area (Å²) in [4.78, 5) is 22.3. The predicted molar refractivity (Wildman–Crippen MR) is 80.9 cm³/mol. The summed E-state index contributed by atoms with van der Waals surface area (Å²) in [5, 5.41) is 18.7. The molecule has 0 spiro atoms. The molecule has 0 unspecified atom stereocenters. The first-order valence-electron chi connectivity index (χ1n) is 7.01. The third-order valence-corrected chi connectivity index (χ3v) is 3.20. The van der Waals surface area contributed by atoms with Crippen molar-refractivity contribution >= 4 is 11.9 Å². The number of rotatable bonds is 7. The van der Waals surface area contributed by atoms with E-state index in [2.05, 4.69) is 15.6 Å². The van der Waals surface area contributed by atoms with Crippen LogP contribution >= 0.6 is 0 Å². The molecule has 0 radical (unpaired) electrons. The zero-order valence-electron chi connectivity index (χ0n) is 12.9. The van der Waals surface area contributed by atoms with Gasteiger partial charge in [0.05, 0.1) is 12.7 Å². The summed E-state index contributed by atoms with van der Waals surface area (Å²) in [5.41, 5.74) is 2.73. The van der Waals surface area contributed by atoms with Crippen molar-refractivity contribution in [1.82, 2.24) is 20.3 Å². The molecule has 0 saturated carbocycles. The summed E-state index contributed by atoms with van der Waals surface area (Å²) in [6.45, 7) is 3.77. The minimum atomic E-state index is -1.01. The summed E-state index contributed by atoms with van der Waals surface area (Å²) in [5.74, 6) is -0.668. The topological polar surface area (TPSA) is 106 Å². The van der Waals surface area contributed by atoms with Gasteiger partial charge in [-0.25, -0.2) is 4.68 Å². The number of carboxylic acids is 1. The largest absolute Gasteiger partial charge is 0.484 e. The molecule has 0 atom stereocenters. The highest BCUT2D eigenvalue weighted by Crippen LogP contribution is 2.16. The number of hydrogen-bond acceptors (Lipinski definition) is 5. The second kappa shape index (κ2) is 7.39. The molecular weight excluding hydrogens is 300 g/mol. The number of nitrogens with one attached hydrogen (secondary N) is 1. The fourth-order valence-electron chi connectivity index (χ4n) is 1.83. The van der Waals surface area contributed by atoms with Crippen molar-refractivity contribution in [2.24, 2.45) is 0 Å². The quantitative estimate of drug-likeness (QED) is 0.777. The maximum absolute atomic E-state index is 11.7. The highest BCUT2D eigenvalue weighted by molar-refractivity contribution is 5.77. The van der Waals surface area contributed by atoms with Crippen LogP contribution in [0.2, 0.25) is 0 Å². The summed E-state index contributed by atoms with van der Waals surface area (Å²) in [7, 11) is 0. The molecule has 0 fully saturated rings. The van der Waals surface area contributed by atoms with Gasteiger partial charge in [0.2, 0.25) is 0 Å². The molecule has 8 nitrogen and oxygen atoms in total. The van der Waals surface area contributed by atoms with E-state index in [0.717, 1.165) is 11.1 Å². The van der Waals surface area contributed by atoms with Crippen LogP contribution in [0.25, 0.3) is 0 Å². The maximum Gasteiger partial charge on any atom is 0.325 e. The van der Waals surface area contributed by atoms with Crippen molar-refractivity contribution in [1.29, 1.82) is 0 Å². The van der Waals surface area contributed by atoms with Crippen LogP contribution in [0.4, 0.5) is 0 Å². The van der Waals surface area contributed by atoms with Gasteiger partial charge in [-0.2, -0.15) is 0 Å². The molecule has 2 rings (SSSR count). The summed E-state index contributed by atoms with van der Waals surface area (Å²) < 4.78 is 6.61. The van der Waals surface area contributed by atoms with Gasteiger partial charge in [-0.1, -0.05) is 11.3 Å². The van der Waals surface area contributed by atoms with Gasteiger partial charge in [0, 0.05) is 0 Å². The second-order valence-corrected chi connectivity index (χ2v) is 5.11. The standard InChI is InChI=1S/C15H18N4O4/c1-10-3-4-13(5-11(10)2)23-9-14(20)16-6-12-7-19(18-17-12)8-15(21)22/h3-5,7H,6,8-9H2,1-2H3,(H,16,20)(H,21,22). The van der Waals surface area contributed by atoms with Crippen molar-refractivity contribution in [3.63, 3.8) is 0 Å². The van der Waals surface area contributed by atoms with Crippen molar-refractivity contribution in [3.05, 3.63) is 41.2 Å². The Bertz CT molecular complexity index is 711. The molecule has 23 heavy (non-hydrogen) atoms. The Labute approximate surface area is 133 Å². The second-order valence-electron chi connectivity index (χ2n) is 5.11. The number of ether oxygens (including phenoxy) is 1. The molecule has 0 aliphatic carbocycles. The first-order chi connectivity index (χ1) is 10.9. The lowest BCUT2D eigenvalue weighted by Gasteiger charge is -2.08. The lowest BCUT2D eigenvalue weighted by Crippen LogP contribution is -2.28. The summed E-state index contributed by atoms with van der Waals surface area (Å²) in [6.07, 6.45) is 1.47. The van der Waals surface area contributed by atoms with Gasteiger partial charge in [-0.15, -0.1) is 5.10 Å². The van der Waals surface area contributed by atoms with Gasteiger partial charge < -0.3 is 15.2 Å². The Morgan fingerprint density at radius 2 is 2.09 bits per heavy atom. The third-order valence-electron chi connectivity index (χ3n) is 3.20. The molecule has 1 heterocycles. The number of carbonyl (C=O) groups excluding carboxylic acids is 1.